The Kier molecular flexibility index (Phi) is 6.17. The van der Waals surface area contributed by atoms with E-state index in [1.807, 2.05) is 4.90 Å². The van der Waals surface area contributed by atoms with Gasteiger partial charge in [-0.3, -0.25) is 4.79 Å². The Hall–Kier alpha value is -1.43. The predicted octanol–water partition coefficient (Wildman–Crippen LogP) is 1.72. The highest BCUT2D eigenvalue weighted by Gasteiger charge is 2.28. The molecule has 6 heteroatoms. The van der Waals surface area contributed by atoms with Crippen LogP contribution >= 0.6 is 0 Å². The van der Waals surface area contributed by atoms with Crippen LogP contribution in [0.2, 0.25) is 0 Å². The second kappa shape index (κ2) is 8.12. The van der Waals surface area contributed by atoms with Crippen LogP contribution in [0.1, 0.15) is 57.2 Å². The molecule has 0 aliphatic carbocycles. The van der Waals surface area contributed by atoms with Gasteiger partial charge in [0.15, 0.2) is 5.82 Å². The van der Waals surface area contributed by atoms with Crippen molar-refractivity contribution in [2.45, 2.75) is 64.3 Å². The summed E-state index contributed by atoms with van der Waals surface area (Å²) in [7, 11) is 0. The zero-order valence-corrected chi connectivity index (χ0v) is 12.8. The topological polar surface area (TPSA) is 79.5 Å². The number of amides is 1. The molecule has 1 N–H and O–H groups in total. The van der Waals surface area contributed by atoms with E-state index < -0.39 is 0 Å². The Morgan fingerprint density at radius 2 is 2.33 bits per heavy atom. The van der Waals surface area contributed by atoms with Crippen molar-refractivity contribution in [1.29, 1.82) is 0 Å². The van der Waals surface area contributed by atoms with Crippen molar-refractivity contribution in [3.8, 4) is 0 Å². The van der Waals surface area contributed by atoms with E-state index in [-0.39, 0.29) is 12.5 Å². The van der Waals surface area contributed by atoms with Gasteiger partial charge in [-0.1, -0.05) is 12.1 Å². The maximum atomic E-state index is 12.3. The van der Waals surface area contributed by atoms with Crippen LogP contribution in [0.3, 0.4) is 0 Å². The number of aromatic nitrogens is 2. The highest BCUT2D eigenvalue weighted by molar-refractivity contribution is 5.77. The van der Waals surface area contributed by atoms with Crippen LogP contribution < -0.4 is 0 Å². The quantitative estimate of drug-likeness (QED) is 0.790. The summed E-state index contributed by atoms with van der Waals surface area (Å²) < 4.78 is 5.16. The molecule has 1 aliphatic heterocycles. The molecule has 1 aromatic heterocycles. The van der Waals surface area contributed by atoms with Gasteiger partial charge in [-0.25, -0.2) is 0 Å². The fourth-order valence-corrected chi connectivity index (χ4v) is 2.87. The number of aliphatic hydroxyl groups excluding tert-OH is 1. The summed E-state index contributed by atoms with van der Waals surface area (Å²) in [4.78, 5) is 18.5. The van der Waals surface area contributed by atoms with Gasteiger partial charge in [0.2, 0.25) is 11.8 Å². The predicted molar refractivity (Wildman–Crippen MR) is 77.7 cm³/mol. The number of carbonyl (C=O) groups excluding carboxylic acids is 1. The minimum atomic E-state index is 0.158. The van der Waals surface area contributed by atoms with Crippen molar-refractivity contribution in [2.24, 2.45) is 0 Å². The average molecular weight is 295 g/mol. The first kappa shape index (κ1) is 15.9. The molecule has 1 atom stereocenters. The Balaban J connectivity index is 1.80. The number of aliphatic hydroxyl groups is 1. The lowest BCUT2D eigenvalue weighted by Crippen LogP contribution is -2.35. The number of carbonyl (C=O) groups is 1. The van der Waals surface area contributed by atoms with E-state index in [0.717, 1.165) is 50.9 Å². The van der Waals surface area contributed by atoms with Crippen molar-refractivity contribution in [1.82, 2.24) is 15.0 Å². The Morgan fingerprint density at radius 3 is 3.10 bits per heavy atom. The van der Waals surface area contributed by atoms with Crippen molar-refractivity contribution in [3.63, 3.8) is 0 Å². The van der Waals surface area contributed by atoms with E-state index in [1.54, 1.807) is 0 Å². The molecule has 118 valence electrons. The number of hydrogen-bond acceptors (Lipinski definition) is 5. The fourth-order valence-electron chi connectivity index (χ4n) is 2.87. The molecule has 1 unspecified atom stereocenters. The summed E-state index contributed by atoms with van der Waals surface area (Å²) in [5.74, 6) is 1.44. The molecule has 2 heterocycles. The lowest BCUT2D eigenvalue weighted by molar-refractivity contribution is -0.132. The minimum absolute atomic E-state index is 0.158. The van der Waals surface area contributed by atoms with E-state index in [0.29, 0.717) is 24.8 Å². The van der Waals surface area contributed by atoms with Crippen molar-refractivity contribution in [3.05, 3.63) is 11.7 Å². The van der Waals surface area contributed by atoms with E-state index in [4.69, 9.17) is 9.63 Å². The van der Waals surface area contributed by atoms with Gasteiger partial charge in [0.05, 0.1) is 0 Å². The first-order valence-corrected chi connectivity index (χ1v) is 7.96. The molecule has 1 aliphatic rings. The third kappa shape index (κ3) is 4.52. The molecule has 0 bridgehead atoms. The Bertz CT molecular complexity index is 447. The monoisotopic (exact) mass is 295 g/mol. The van der Waals surface area contributed by atoms with Crippen LogP contribution in [-0.4, -0.2) is 45.2 Å². The van der Waals surface area contributed by atoms with Gasteiger partial charge < -0.3 is 14.5 Å². The molecule has 1 amide bonds. The minimum Gasteiger partial charge on any atom is -0.396 e. The smallest absolute Gasteiger partial charge is 0.227 e. The van der Waals surface area contributed by atoms with E-state index >= 15 is 0 Å². The van der Waals surface area contributed by atoms with Crippen molar-refractivity contribution >= 4 is 5.91 Å². The van der Waals surface area contributed by atoms with Gasteiger partial charge in [-0.05, 0) is 32.1 Å². The molecule has 0 spiro atoms. The standard InChI is InChI=1S/C15H25N3O3/c1-2-5-13-16-14(21-17-13)8-9-15(20)18-10-3-6-12(18)7-4-11-19/h12,19H,2-11H2,1H3. The lowest BCUT2D eigenvalue weighted by Gasteiger charge is -2.24. The largest absolute Gasteiger partial charge is 0.396 e. The number of aryl methyl sites for hydroxylation is 2. The van der Waals surface area contributed by atoms with Gasteiger partial charge in [0.25, 0.3) is 0 Å². The summed E-state index contributed by atoms with van der Waals surface area (Å²) in [5.41, 5.74) is 0. The number of rotatable bonds is 8. The summed E-state index contributed by atoms with van der Waals surface area (Å²) in [5, 5.41) is 12.8. The zero-order chi connectivity index (χ0) is 15.1. The molecule has 1 aromatic rings. The summed E-state index contributed by atoms with van der Waals surface area (Å²) >= 11 is 0. The average Bonchev–Trinajstić information content (AvgIpc) is 3.12. The molecular formula is C15H25N3O3. The third-order valence-electron chi connectivity index (χ3n) is 3.93. The Labute approximate surface area is 125 Å². The number of nitrogens with zero attached hydrogens (tertiary/aromatic N) is 3. The van der Waals surface area contributed by atoms with Crippen LogP contribution in [0.5, 0.6) is 0 Å². The highest BCUT2D eigenvalue weighted by Crippen LogP contribution is 2.22. The summed E-state index contributed by atoms with van der Waals surface area (Å²) in [6.07, 6.45) is 6.49. The van der Waals surface area contributed by atoms with Crippen LogP contribution in [0.15, 0.2) is 4.52 Å². The second-order valence-electron chi connectivity index (χ2n) is 5.60. The van der Waals surface area contributed by atoms with Gasteiger partial charge >= 0.3 is 0 Å². The third-order valence-corrected chi connectivity index (χ3v) is 3.93. The summed E-state index contributed by atoms with van der Waals surface area (Å²) in [6.45, 7) is 3.10. The van der Waals surface area contributed by atoms with Crippen molar-refractivity contribution in [2.75, 3.05) is 13.2 Å². The maximum Gasteiger partial charge on any atom is 0.227 e. The number of likely N-dealkylation sites (tertiary alicyclic amines) is 1. The molecule has 2 rings (SSSR count). The van der Waals surface area contributed by atoms with Crippen LogP contribution in [-0.2, 0) is 17.6 Å². The Morgan fingerprint density at radius 1 is 1.48 bits per heavy atom. The van der Waals surface area contributed by atoms with Gasteiger partial charge in [-0.15, -0.1) is 0 Å². The molecule has 1 fully saturated rings. The highest BCUT2D eigenvalue weighted by atomic mass is 16.5. The summed E-state index contributed by atoms with van der Waals surface area (Å²) in [6, 6.07) is 0.294. The molecule has 0 aromatic carbocycles. The van der Waals surface area contributed by atoms with Gasteiger partial charge in [0, 0.05) is 38.5 Å². The molecule has 1 saturated heterocycles. The first-order chi connectivity index (χ1) is 10.2. The molecule has 6 nitrogen and oxygen atoms in total. The van der Waals surface area contributed by atoms with E-state index in [9.17, 15) is 4.79 Å². The first-order valence-electron chi connectivity index (χ1n) is 7.96. The van der Waals surface area contributed by atoms with Crippen LogP contribution in [0.25, 0.3) is 0 Å². The van der Waals surface area contributed by atoms with Crippen LogP contribution in [0.4, 0.5) is 0 Å². The van der Waals surface area contributed by atoms with E-state index in [1.165, 1.54) is 0 Å². The SMILES string of the molecule is CCCc1noc(CCC(=O)N2CCCC2CCCO)n1. The molecular weight excluding hydrogens is 270 g/mol. The van der Waals surface area contributed by atoms with Gasteiger partial charge in [-0.2, -0.15) is 4.98 Å². The van der Waals surface area contributed by atoms with Gasteiger partial charge in [0.1, 0.15) is 0 Å². The molecule has 0 saturated carbocycles. The van der Waals surface area contributed by atoms with Crippen molar-refractivity contribution < 1.29 is 14.4 Å². The normalized spacial score (nSPS) is 18.4. The fraction of sp³-hybridized carbons (Fsp3) is 0.800. The molecule has 0 radical (unpaired) electrons. The molecule has 21 heavy (non-hydrogen) atoms. The zero-order valence-electron chi connectivity index (χ0n) is 12.8. The second-order valence-corrected chi connectivity index (χ2v) is 5.60. The maximum absolute atomic E-state index is 12.3. The lowest BCUT2D eigenvalue weighted by atomic mass is 10.1. The number of hydrogen-bond donors (Lipinski definition) is 1. The van der Waals surface area contributed by atoms with E-state index in [2.05, 4.69) is 17.1 Å². The van der Waals surface area contributed by atoms with Crippen LogP contribution in [0, 0.1) is 0 Å².